The van der Waals surface area contributed by atoms with Crippen LogP contribution in [0.1, 0.15) is 33.6 Å². The van der Waals surface area contributed by atoms with Crippen LogP contribution in [0.5, 0.6) is 0 Å². The second kappa shape index (κ2) is 6.05. The fourth-order valence-corrected chi connectivity index (χ4v) is 1.73. The summed E-state index contributed by atoms with van der Waals surface area (Å²) in [4.78, 5) is 2.36. The molecule has 0 radical (unpaired) electrons. The maximum atomic E-state index is 2.36. The Hall–Kier alpha value is -0.820. The summed E-state index contributed by atoms with van der Waals surface area (Å²) in [5, 5.41) is 0. The maximum Gasteiger partial charge on any atom is 0.00107 e. The highest BCUT2D eigenvalue weighted by Gasteiger charge is 2.10. The summed E-state index contributed by atoms with van der Waals surface area (Å²) in [6, 6.07) is 0. The van der Waals surface area contributed by atoms with Crippen molar-refractivity contribution in [2.24, 2.45) is 5.41 Å². The molecule has 16 heavy (non-hydrogen) atoms. The molecule has 90 valence electrons. The monoisotopic (exact) mass is 219 g/mol. The molecule has 0 spiro atoms. The van der Waals surface area contributed by atoms with E-state index in [9.17, 15) is 0 Å². The lowest BCUT2D eigenvalue weighted by Gasteiger charge is -2.14. The van der Waals surface area contributed by atoms with Crippen molar-refractivity contribution in [2.45, 2.75) is 33.6 Å². The van der Waals surface area contributed by atoms with E-state index in [2.05, 4.69) is 63.1 Å². The molecule has 0 amide bonds. The van der Waals surface area contributed by atoms with Crippen LogP contribution in [0.15, 0.2) is 36.0 Å². The lowest BCUT2D eigenvalue weighted by atomic mass is 9.93. The van der Waals surface area contributed by atoms with Crippen LogP contribution in [-0.4, -0.2) is 25.0 Å². The molecule has 1 rings (SSSR count). The first kappa shape index (κ1) is 13.2. The Labute approximate surface area is 101 Å². The molecule has 1 heteroatoms. The molecular formula is C15H25N. The molecule has 0 aliphatic heterocycles. The van der Waals surface area contributed by atoms with Crippen molar-refractivity contribution in [1.82, 2.24) is 4.90 Å². The second-order valence-electron chi connectivity index (χ2n) is 5.25. The van der Waals surface area contributed by atoms with Gasteiger partial charge >= 0.3 is 0 Å². The normalized spacial score (nSPS) is 18.7. The summed E-state index contributed by atoms with van der Waals surface area (Å²) in [7, 11) is 2.18. The van der Waals surface area contributed by atoms with Crippen LogP contribution in [0.3, 0.4) is 0 Å². The van der Waals surface area contributed by atoms with Gasteiger partial charge in [-0.2, -0.15) is 0 Å². The highest BCUT2D eigenvalue weighted by molar-refractivity contribution is 5.30. The van der Waals surface area contributed by atoms with Crippen LogP contribution in [0.2, 0.25) is 0 Å². The number of hydrogen-bond donors (Lipinski definition) is 0. The first-order valence-corrected chi connectivity index (χ1v) is 6.30. The van der Waals surface area contributed by atoms with Crippen molar-refractivity contribution in [3.05, 3.63) is 36.0 Å². The van der Waals surface area contributed by atoms with E-state index in [0.29, 0.717) is 0 Å². The molecule has 0 aromatic carbocycles. The molecular weight excluding hydrogens is 194 g/mol. The van der Waals surface area contributed by atoms with Gasteiger partial charge in [0, 0.05) is 5.41 Å². The predicted octanol–water partition coefficient (Wildman–Crippen LogP) is 3.80. The maximum absolute atomic E-state index is 2.36. The number of hydrogen-bond acceptors (Lipinski definition) is 1. The zero-order valence-electron chi connectivity index (χ0n) is 11.2. The van der Waals surface area contributed by atoms with Gasteiger partial charge in [-0.1, -0.05) is 51.2 Å². The van der Waals surface area contributed by atoms with Crippen LogP contribution in [-0.2, 0) is 0 Å². The van der Waals surface area contributed by atoms with Crippen molar-refractivity contribution in [3.63, 3.8) is 0 Å². The standard InChI is InChI=1S/C15H25N/c1-5-16(4)13-7-9-14-8-6-11-15(2,3)12-10-14/h6,8,10-12H,5,7,9,13H2,1-4H3. The van der Waals surface area contributed by atoms with E-state index >= 15 is 0 Å². The van der Waals surface area contributed by atoms with E-state index in [-0.39, 0.29) is 5.41 Å². The minimum absolute atomic E-state index is 0.207. The van der Waals surface area contributed by atoms with Crippen LogP contribution in [0.25, 0.3) is 0 Å². The Bertz CT molecular complexity index is 295. The van der Waals surface area contributed by atoms with Gasteiger partial charge in [0.05, 0.1) is 0 Å². The predicted molar refractivity (Wildman–Crippen MR) is 72.5 cm³/mol. The van der Waals surface area contributed by atoms with Gasteiger partial charge in [0.15, 0.2) is 0 Å². The van der Waals surface area contributed by atoms with Crippen molar-refractivity contribution in [2.75, 3.05) is 20.1 Å². The Morgan fingerprint density at radius 2 is 2.00 bits per heavy atom. The van der Waals surface area contributed by atoms with E-state index in [4.69, 9.17) is 0 Å². The summed E-state index contributed by atoms with van der Waals surface area (Å²) in [6.07, 6.45) is 13.7. The summed E-state index contributed by atoms with van der Waals surface area (Å²) in [5.41, 5.74) is 1.66. The number of rotatable bonds is 5. The number of allylic oxidation sites excluding steroid dienone is 6. The minimum atomic E-state index is 0.207. The van der Waals surface area contributed by atoms with E-state index in [0.717, 1.165) is 6.54 Å². The van der Waals surface area contributed by atoms with Crippen molar-refractivity contribution >= 4 is 0 Å². The third-order valence-corrected chi connectivity index (χ3v) is 3.11. The summed E-state index contributed by atoms with van der Waals surface area (Å²) in [6.45, 7) is 9.01. The van der Waals surface area contributed by atoms with Gasteiger partial charge in [0.25, 0.3) is 0 Å². The van der Waals surface area contributed by atoms with Crippen LogP contribution >= 0.6 is 0 Å². The van der Waals surface area contributed by atoms with E-state index < -0.39 is 0 Å². The van der Waals surface area contributed by atoms with Crippen LogP contribution in [0.4, 0.5) is 0 Å². The summed E-state index contributed by atoms with van der Waals surface area (Å²) in [5.74, 6) is 0. The fourth-order valence-electron chi connectivity index (χ4n) is 1.73. The Morgan fingerprint density at radius 3 is 2.69 bits per heavy atom. The van der Waals surface area contributed by atoms with Crippen molar-refractivity contribution in [1.29, 1.82) is 0 Å². The van der Waals surface area contributed by atoms with Gasteiger partial charge in [-0.05, 0) is 38.6 Å². The molecule has 0 N–H and O–H groups in total. The molecule has 0 aromatic rings. The molecule has 0 saturated carbocycles. The van der Waals surface area contributed by atoms with Gasteiger partial charge < -0.3 is 4.90 Å². The topological polar surface area (TPSA) is 3.24 Å². The first-order valence-electron chi connectivity index (χ1n) is 6.30. The average Bonchev–Trinajstić information content (AvgIpc) is 2.40. The van der Waals surface area contributed by atoms with E-state index in [1.807, 2.05) is 0 Å². The van der Waals surface area contributed by atoms with Gasteiger partial charge in [0.2, 0.25) is 0 Å². The highest BCUT2D eigenvalue weighted by Crippen LogP contribution is 2.23. The molecule has 0 atom stereocenters. The quantitative estimate of drug-likeness (QED) is 0.680. The first-order chi connectivity index (χ1) is 7.53. The van der Waals surface area contributed by atoms with Gasteiger partial charge in [-0.15, -0.1) is 0 Å². The second-order valence-corrected chi connectivity index (χ2v) is 5.25. The minimum Gasteiger partial charge on any atom is -0.307 e. The molecule has 0 aromatic heterocycles. The van der Waals surface area contributed by atoms with Gasteiger partial charge in [0.1, 0.15) is 0 Å². The lowest BCUT2D eigenvalue weighted by molar-refractivity contribution is 0.348. The van der Waals surface area contributed by atoms with Crippen LogP contribution < -0.4 is 0 Å². The van der Waals surface area contributed by atoms with E-state index in [1.165, 1.54) is 25.0 Å². The third kappa shape index (κ3) is 4.80. The van der Waals surface area contributed by atoms with E-state index in [1.54, 1.807) is 0 Å². The smallest absolute Gasteiger partial charge is 0.00107 e. The zero-order chi connectivity index (χ0) is 12.0. The third-order valence-electron chi connectivity index (χ3n) is 3.11. The van der Waals surface area contributed by atoms with Gasteiger partial charge in [-0.25, -0.2) is 0 Å². The molecule has 1 nitrogen and oxygen atoms in total. The molecule has 0 unspecified atom stereocenters. The molecule has 0 bridgehead atoms. The highest BCUT2D eigenvalue weighted by atomic mass is 15.1. The molecule has 1 aliphatic rings. The number of nitrogens with zero attached hydrogens (tertiary/aromatic N) is 1. The molecule has 0 saturated heterocycles. The Kier molecular flexibility index (Phi) is 5.01. The average molecular weight is 219 g/mol. The van der Waals surface area contributed by atoms with Crippen molar-refractivity contribution in [3.8, 4) is 0 Å². The SMILES string of the molecule is CCN(C)CCCC1=CC=CC(C)(C)C=C1. The zero-order valence-corrected chi connectivity index (χ0v) is 11.2. The Balaban J connectivity index is 2.39. The fraction of sp³-hybridized carbons (Fsp3) is 0.600. The van der Waals surface area contributed by atoms with Gasteiger partial charge in [-0.3, -0.25) is 0 Å². The molecule has 0 fully saturated rings. The molecule has 0 heterocycles. The summed E-state index contributed by atoms with van der Waals surface area (Å²) >= 11 is 0. The Morgan fingerprint density at radius 1 is 1.25 bits per heavy atom. The van der Waals surface area contributed by atoms with Crippen molar-refractivity contribution < 1.29 is 0 Å². The largest absolute Gasteiger partial charge is 0.307 e. The van der Waals surface area contributed by atoms with Crippen LogP contribution in [0, 0.1) is 5.41 Å². The lowest BCUT2D eigenvalue weighted by Crippen LogP contribution is -2.18. The molecule has 1 aliphatic carbocycles. The summed E-state index contributed by atoms with van der Waals surface area (Å²) < 4.78 is 0.